The molecule has 3 rings (SSSR count). The largest absolute Gasteiger partial charge is 0.348 e. The maximum atomic E-state index is 13.3. The summed E-state index contributed by atoms with van der Waals surface area (Å²) in [6.45, 7) is 5.97. The molecule has 6 heteroatoms. The number of hydrogen-bond donors (Lipinski definition) is 1. The predicted octanol–water partition coefficient (Wildman–Crippen LogP) is 6.12. The van der Waals surface area contributed by atoms with Crippen molar-refractivity contribution in [2.75, 3.05) is 5.32 Å². The van der Waals surface area contributed by atoms with E-state index >= 15 is 0 Å². The van der Waals surface area contributed by atoms with E-state index in [9.17, 15) is 13.7 Å². The van der Waals surface area contributed by atoms with Gasteiger partial charge in [-0.25, -0.2) is 8.42 Å². The van der Waals surface area contributed by atoms with E-state index < -0.39 is 9.84 Å². The number of hydrogen-bond acceptors (Lipinski definition) is 5. The number of nitrogens with zero attached hydrogens (tertiary/aromatic N) is 1. The van der Waals surface area contributed by atoms with Crippen LogP contribution in [0.15, 0.2) is 87.6 Å². The number of thioether (sulfide) groups is 1. The minimum atomic E-state index is -3.97. The minimum Gasteiger partial charge on any atom is -0.348 e. The fourth-order valence-corrected chi connectivity index (χ4v) is 5.76. The molecule has 0 aliphatic carbocycles. The predicted molar refractivity (Wildman–Crippen MR) is 128 cm³/mol. The lowest BCUT2D eigenvalue weighted by molar-refractivity contribution is 0.603. The van der Waals surface area contributed by atoms with Gasteiger partial charge in [0.2, 0.25) is 9.84 Å². The number of aryl methyl sites for hydroxylation is 3. The maximum absolute atomic E-state index is 13.3. The van der Waals surface area contributed by atoms with Crippen LogP contribution in [0.1, 0.15) is 22.3 Å². The van der Waals surface area contributed by atoms with Crippen molar-refractivity contribution in [2.45, 2.75) is 31.4 Å². The van der Waals surface area contributed by atoms with Gasteiger partial charge in [0, 0.05) is 11.4 Å². The van der Waals surface area contributed by atoms with E-state index in [0.717, 1.165) is 27.9 Å². The van der Waals surface area contributed by atoms with Gasteiger partial charge in [-0.2, -0.15) is 5.26 Å². The summed E-state index contributed by atoms with van der Waals surface area (Å²) < 4.78 is 26.6. The monoisotopic (exact) mass is 448 g/mol. The molecular weight excluding hydrogens is 424 g/mol. The van der Waals surface area contributed by atoms with E-state index in [1.54, 1.807) is 18.2 Å². The Hall–Kier alpha value is -3.01. The van der Waals surface area contributed by atoms with Gasteiger partial charge in [-0.1, -0.05) is 60.2 Å². The highest BCUT2D eigenvalue weighted by Crippen LogP contribution is 2.32. The molecule has 31 heavy (non-hydrogen) atoms. The lowest BCUT2D eigenvalue weighted by atomic mass is 10.1. The van der Waals surface area contributed by atoms with Crippen LogP contribution in [-0.2, 0) is 15.6 Å². The third-order valence-corrected chi connectivity index (χ3v) is 7.80. The van der Waals surface area contributed by atoms with Gasteiger partial charge in [0.1, 0.15) is 11.1 Å². The molecule has 0 amide bonds. The summed E-state index contributed by atoms with van der Waals surface area (Å²) in [4.78, 5) is -0.180. The molecule has 0 aliphatic rings. The zero-order chi connectivity index (χ0) is 22.4. The number of sulfone groups is 1. The third kappa shape index (κ3) is 5.38. The molecule has 3 aromatic carbocycles. The number of anilines is 1. The van der Waals surface area contributed by atoms with Crippen molar-refractivity contribution in [3.05, 3.63) is 105 Å². The molecule has 0 saturated carbocycles. The van der Waals surface area contributed by atoms with E-state index in [1.807, 2.05) is 69.3 Å². The molecule has 3 aromatic rings. The first-order chi connectivity index (χ1) is 14.8. The lowest BCUT2D eigenvalue weighted by Gasteiger charge is -2.16. The van der Waals surface area contributed by atoms with Crippen LogP contribution >= 0.6 is 11.8 Å². The molecule has 0 atom stereocenters. The molecule has 4 nitrogen and oxygen atoms in total. The highest BCUT2D eigenvalue weighted by atomic mass is 32.2. The summed E-state index contributed by atoms with van der Waals surface area (Å²) in [7, 11) is -3.97. The Kier molecular flexibility index (Phi) is 7.21. The average Bonchev–Trinajstić information content (AvgIpc) is 2.75. The van der Waals surface area contributed by atoms with Crippen LogP contribution in [0.2, 0.25) is 0 Å². The molecular formula is C25H24N2O2S2. The maximum Gasteiger partial charge on any atom is 0.219 e. The minimum absolute atomic E-state index is 0.1000. The fraction of sp³-hybridized carbons (Fsp3) is 0.160. The first kappa shape index (κ1) is 22.7. The Bertz CT molecular complexity index is 1260. The van der Waals surface area contributed by atoms with Crippen molar-refractivity contribution >= 4 is 27.3 Å². The van der Waals surface area contributed by atoms with Crippen molar-refractivity contribution in [1.82, 2.24) is 0 Å². The molecule has 0 aliphatic heterocycles. The van der Waals surface area contributed by atoms with Crippen molar-refractivity contribution in [2.24, 2.45) is 0 Å². The summed E-state index contributed by atoms with van der Waals surface area (Å²) in [6, 6.07) is 23.8. The van der Waals surface area contributed by atoms with E-state index in [1.165, 1.54) is 23.9 Å². The smallest absolute Gasteiger partial charge is 0.219 e. The highest BCUT2D eigenvalue weighted by molar-refractivity contribution is 8.04. The standard InChI is InChI=1S/C25H24N2O2S2/c1-18-13-14-23(20(3)15-18)27-25(30-17-21-10-8-7-9-19(21)2)24(16-26)31(28,29)22-11-5-4-6-12-22/h4-15,27H,17H2,1-3H3. The van der Waals surface area contributed by atoms with Gasteiger partial charge in [-0.05, 0) is 55.7 Å². The molecule has 0 spiro atoms. The molecule has 0 radical (unpaired) electrons. The zero-order valence-corrected chi connectivity index (χ0v) is 19.3. The van der Waals surface area contributed by atoms with Crippen LogP contribution in [0.5, 0.6) is 0 Å². The molecule has 158 valence electrons. The Morgan fingerprint density at radius 1 is 0.935 bits per heavy atom. The van der Waals surface area contributed by atoms with Crippen molar-refractivity contribution < 1.29 is 8.42 Å². The van der Waals surface area contributed by atoms with Crippen LogP contribution in [0.4, 0.5) is 5.69 Å². The number of nitrogens with one attached hydrogen (secondary N) is 1. The van der Waals surface area contributed by atoms with Gasteiger partial charge < -0.3 is 5.32 Å². The zero-order valence-electron chi connectivity index (χ0n) is 17.7. The van der Waals surface area contributed by atoms with E-state index in [-0.39, 0.29) is 9.80 Å². The number of nitriles is 1. The summed E-state index contributed by atoms with van der Waals surface area (Å²) in [5.41, 5.74) is 5.06. The Morgan fingerprint density at radius 3 is 2.26 bits per heavy atom. The molecule has 0 unspecified atom stereocenters. The normalized spacial score (nSPS) is 12.1. The average molecular weight is 449 g/mol. The van der Waals surface area contributed by atoms with Crippen molar-refractivity contribution in [1.29, 1.82) is 5.26 Å². The Labute approximate surface area is 188 Å². The second-order valence-corrected chi connectivity index (χ2v) is 10.1. The number of rotatable bonds is 7. The van der Waals surface area contributed by atoms with Crippen molar-refractivity contribution in [3.63, 3.8) is 0 Å². The second-order valence-electron chi connectivity index (χ2n) is 7.25. The summed E-state index contributed by atoms with van der Waals surface area (Å²) in [5.74, 6) is 0.537. The van der Waals surface area contributed by atoms with Crippen LogP contribution in [-0.4, -0.2) is 8.42 Å². The van der Waals surface area contributed by atoms with Gasteiger partial charge >= 0.3 is 0 Å². The van der Waals surface area contributed by atoms with Crippen LogP contribution in [0, 0.1) is 32.1 Å². The molecule has 0 bridgehead atoms. The van der Waals surface area contributed by atoms with Gasteiger partial charge in [-0.3, -0.25) is 0 Å². The lowest BCUT2D eigenvalue weighted by Crippen LogP contribution is -2.11. The van der Waals surface area contributed by atoms with Crippen LogP contribution in [0.3, 0.4) is 0 Å². The first-order valence-electron chi connectivity index (χ1n) is 9.79. The van der Waals surface area contributed by atoms with E-state index in [0.29, 0.717) is 10.8 Å². The topological polar surface area (TPSA) is 70.0 Å². The number of benzene rings is 3. The quantitative estimate of drug-likeness (QED) is 0.441. The summed E-state index contributed by atoms with van der Waals surface area (Å²) >= 11 is 1.32. The molecule has 0 saturated heterocycles. The molecule has 0 heterocycles. The third-order valence-electron chi connectivity index (χ3n) is 4.89. The molecule has 1 N–H and O–H groups in total. The van der Waals surface area contributed by atoms with Crippen molar-refractivity contribution in [3.8, 4) is 6.07 Å². The Balaban J connectivity index is 2.08. The van der Waals surface area contributed by atoms with Crippen LogP contribution in [0.25, 0.3) is 0 Å². The molecule has 0 fully saturated rings. The Morgan fingerprint density at radius 2 is 1.61 bits per heavy atom. The second kappa shape index (κ2) is 9.86. The van der Waals surface area contributed by atoms with Gasteiger partial charge in [0.05, 0.1) is 4.90 Å². The van der Waals surface area contributed by atoms with E-state index in [2.05, 4.69) is 5.32 Å². The molecule has 0 aromatic heterocycles. The summed E-state index contributed by atoms with van der Waals surface area (Å²) in [5, 5.41) is 13.4. The van der Waals surface area contributed by atoms with Crippen LogP contribution < -0.4 is 5.32 Å². The highest BCUT2D eigenvalue weighted by Gasteiger charge is 2.25. The SMILES string of the molecule is Cc1ccc(NC(SCc2ccccc2C)=C(C#N)S(=O)(=O)c2ccccc2)c(C)c1. The number of allylic oxidation sites excluding steroid dienone is 1. The van der Waals surface area contributed by atoms with Gasteiger partial charge in [0.25, 0.3) is 0 Å². The van der Waals surface area contributed by atoms with Gasteiger partial charge in [-0.15, -0.1) is 11.8 Å². The fourth-order valence-electron chi connectivity index (χ4n) is 3.11. The van der Waals surface area contributed by atoms with E-state index in [4.69, 9.17) is 0 Å². The van der Waals surface area contributed by atoms with Gasteiger partial charge in [0.15, 0.2) is 4.91 Å². The first-order valence-corrected chi connectivity index (χ1v) is 12.3. The summed E-state index contributed by atoms with van der Waals surface area (Å²) in [6.07, 6.45) is 0.